The zero-order valence-corrected chi connectivity index (χ0v) is 12.2. The summed E-state index contributed by atoms with van der Waals surface area (Å²) in [6.07, 6.45) is 4.21. The van der Waals surface area contributed by atoms with Gasteiger partial charge < -0.3 is 10.2 Å². The highest BCUT2D eigenvalue weighted by Crippen LogP contribution is 2.28. The third-order valence-electron chi connectivity index (χ3n) is 4.30. The number of anilines is 1. The second-order valence-electron chi connectivity index (χ2n) is 5.47. The lowest BCUT2D eigenvalue weighted by Crippen LogP contribution is -2.56. The van der Waals surface area contributed by atoms with Gasteiger partial charge in [0.2, 0.25) is 0 Å². The average Bonchev–Trinajstić information content (AvgIpc) is 2.53. The average molecular weight is 270 g/mol. The highest BCUT2D eigenvalue weighted by atomic mass is 15.2. The van der Waals surface area contributed by atoms with Crippen LogP contribution in [-0.2, 0) is 0 Å². The Morgan fingerprint density at radius 2 is 2.10 bits per heavy atom. The summed E-state index contributed by atoms with van der Waals surface area (Å²) in [7, 11) is 0. The van der Waals surface area contributed by atoms with Gasteiger partial charge in [-0.25, -0.2) is 0 Å². The van der Waals surface area contributed by atoms with Gasteiger partial charge in [0.1, 0.15) is 0 Å². The Morgan fingerprint density at radius 3 is 2.90 bits per heavy atom. The van der Waals surface area contributed by atoms with Crippen molar-refractivity contribution in [2.24, 2.45) is 0 Å². The number of aromatic nitrogens is 2. The first kappa shape index (κ1) is 13.3. The molecule has 0 radical (unpaired) electrons. The van der Waals surface area contributed by atoms with Crippen molar-refractivity contribution in [3.8, 4) is 0 Å². The molecule has 1 fully saturated rings. The van der Waals surface area contributed by atoms with Gasteiger partial charge in [0.15, 0.2) is 0 Å². The Kier molecular flexibility index (Phi) is 3.83. The largest absolute Gasteiger partial charge is 0.364 e. The Hall–Kier alpha value is -1.68. The monoisotopic (exact) mass is 270 g/mol. The maximum absolute atomic E-state index is 4.23. The number of hydrogen-bond acceptors (Lipinski definition) is 4. The van der Waals surface area contributed by atoms with Crippen LogP contribution >= 0.6 is 0 Å². The first-order valence-electron chi connectivity index (χ1n) is 7.54. The van der Waals surface area contributed by atoms with Crippen LogP contribution in [0, 0.1) is 0 Å². The van der Waals surface area contributed by atoms with Gasteiger partial charge in [-0.15, -0.1) is 0 Å². The van der Waals surface area contributed by atoms with Gasteiger partial charge in [0, 0.05) is 30.6 Å². The lowest BCUT2D eigenvalue weighted by molar-refractivity contribution is 0.379. The lowest BCUT2D eigenvalue weighted by atomic mass is 10.0. The second kappa shape index (κ2) is 5.75. The van der Waals surface area contributed by atoms with Crippen LogP contribution in [0.5, 0.6) is 0 Å². The van der Waals surface area contributed by atoms with Crippen LogP contribution < -0.4 is 10.2 Å². The fraction of sp³-hybridized carbons (Fsp3) is 0.500. The van der Waals surface area contributed by atoms with E-state index in [0.29, 0.717) is 12.1 Å². The summed E-state index contributed by atoms with van der Waals surface area (Å²) in [4.78, 5) is 2.52. The van der Waals surface area contributed by atoms with Crippen molar-refractivity contribution in [2.45, 2.75) is 38.8 Å². The van der Waals surface area contributed by atoms with E-state index < -0.39 is 0 Å². The van der Waals surface area contributed by atoms with E-state index in [1.165, 1.54) is 11.1 Å². The van der Waals surface area contributed by atoms with Crippen molar-refractivity contribution in [3.63, 3.8) is 0 Å². The molecule has 2 atom stereocenters. The van der Waals surface area contributed by atoms with Crippen molar-refractivity contribution in [1.29, 1.82) is 0 Å². The standard InChI is InChI=1S/C16H22N4/c1-3-12-11-20(13(4-2)9-17-12)16-10-18-19-15-8-6-5-7-14(15)16/h5-8,10,12-13,17H,3-4,9,11H2,1-2H3. The Balaban J connectivity index is 2.03. The first-order valence-corrected chi connectivity index (χ1v) is 7.54. The Bertz CT molecular complexity index is 578. The molecule has 1 aromatic heterocycles. The molecule has 1 N–H and O–H groups in total. The number of nitrogens with one attached hydrogen (secondary N) is 1. The molecule has 2 heterocycles. The molecule has 0 aliphatic carbocycles. The van der Waals surface area contributed by atoms with E-state index >= 15 is 0 Å². The molecule has 20 heavy (non-hydrogen) atoms. The number of benzene rings is 1. The molecule has 1 aliphatic heterocycles. The smallest absolute Gasteiger partial charge is 0.0950 e. The number of nitrogens with zero attached hydrogens (tertiary/aromatic N) is 3. The molecule has 2 unspecified atom stereocenters. The van der Waals surface area contributed by atoms with E-state index in [-0.39, 0.29) is 0 Å². The minimum absolute atomic E-state index is 0.533. The van der Waals surface area contributed by atoms with Gasteiger partial charge in [-0.3, -0.25) is 0 Å². The molecule has 0 bridgehead atoms. The van der Waals surface area contributed by atoms with E-state index in [4.69, 9.17) is 0 Å². The van der Waals surface area contributed by atoms with Gasteiger partial charge in [-0.05, 0) is 18.9 Å². The highest BCUT2D eigenvalue weighted by molar-refractivity contribution is 5.90. The molecule has 0 amide bonds. The van der Waals surface area contributed by atoms with Gasteiger partial charge in [-0.2, -0.15) is 10.2 Å². The number of rotatable bonds is 3. The summed E-state index contributed by atoms with van der Waals surface area (Å²) < 4.78 is 0. The normalized spacial score (nSPS) is 23.2. The minimum atomic E-state index is 0.533. The van der Waals surface area contributed by atoms with Crippen LogP contribution in [0.2, 0.25) is 0 Å². The van der Waals surface area contributed by atoms with Gasteiger partial charge in [-0.1, -0.05) is 32.0 Å². The third kappa shape index (κ3) is 2.36. The maximum atomic E-state index is 4.23. The molecule has 4 nitrogen and oxygen atoms in total. The van der Waals surface area contributed by atoms with Gasteiger partial charge in [0.25, 0.3) is 0 Å². The first-order chi connectivity index (χ1) is 9.83. The van der Waals surface area contributed by atoms with Gasteiger partial charge >= 0.3 is 0 Å². The van der Waals surface area contributed by atoms with E-state index in [1.807, 2.05) is 18.3 Å². The highest BCUT2D eigenvalue weighted by Gasteiger charge is 2.27. The molecule has 0 saturated carbocycles. The van der Waals surface area contributed by atoms with E-state index in [2.05, 4.69) is 46.4 Å². The summed E-state index contributed by atoms with van der Waals surface area (Å²) in [5, 5.41) is 13.3. The maximum Gasteiger partial charge on any atom is 0.0950 e. The topological polar surface area (TPSA) is 41.1 Å². The SMILES string of the molecule is CCC1CN(c2cnnc3ccccc23)C(CC)CN1. The lowest BCUT2D eigenvalue weighted by Gasteiger charge is -2.41. The van der Waals surface area contributed by atoms with E-state index in [1.54, 1.807) is 0 Å². The molecular weight excluding hydrogens is 248 g/mol. The molecule has 4 heteroatoms. The number of hydrogen-bond donors (Lipinski definition) is 1. The molecule has 2 aromatic rings. The van der Waals surface area contributed by atoms with Crippen LogP contribution in [0.4, 0.5) is 5.69 Å². The second-order valence-corrected chi connectivity index (χ2v) is 5.47. The van der Waals surface area contributed by atoms with Crippen molar-refractivity contribution in [1.82, 2.24) is 15.5 Å². The predicted octanol–water partition coefficient (Wildman–Crippen LogP) is 2.60. The quantitative estimate of drug-likeness (QED) is 0.931. The number of fused-ring (bicyclic) bond motifs is 1. The predicted molar refractivity (Wildman–Crippen MR) is 83.0 cm³/mol. The Morgan fingerprint density at radius 1 is 1.25 bits per heavy atom. The summed E-state index contributed by atoms with van der Waals surface area (Å²) in [6.45, 7) is 6.59. The van der Waals surface area contributed by atoms with E-state index in [9.17, 15) is 0 Å². The summed E-state index contributed by atoms with van der Waals surface area (Å²) >= 11 is 0. The minimum Gasteiger partial charge on any atom is -0.364 e. The zero-order valence-electron chi connectivity index (χ0n) is 12.2. The van der Waals surface area contributed by atoms with Crippen LogP contribution in [-0.4, -0.2) is 35.4 Å². The third-order valence-corrected chi connectivity index (χ3v) is 4.30. The van der Waals surface area contributed by atoms with Crippen molar-refractivity contribution in [3.05, 3.63) is 30.5 Å². The van der Waals surface area contributed by atoms with Gasteiger partial charge in [0.05, 0.1) is 17.4 Å². The summed E-state index contributed by atoms with van der Waals surface area (Å²) in [5.41, 5.74) is 2.20. The Labute approximate surface area is 120 Å². The molecule has 3 rings (SSSR count). The van der Waals surface area contributed by atoms with Crippen LogP contribution in [0.3, 0.4) is 0 Å². The van der Waals surface area contributed by atoms with Crippen LogP contribution in [0.25, 0.3) is 10.9 Å². The molecule has 1 saturated heterocycles. The molecule has 1 aliphatic rings. The molecule has 0 spiro atoms. The molecule has 1 aromatic carbocycles. The van der Waals surface area contributed by atoms with Crippen LogP contribution in [0.15, 0.2) is 30.5 Å². The van der Waals surface area contributed by atoms with Crippen molar-refractivity contribution in [2.75, 3.05) is 18.0 Å². The zero-order chi connectivity index (χ0) is 13.9. The van der Waals surface area contributed by atoms with Crippen LogP contribution in [0.1, 0.15) is 26.7 Å². The van der Waals surface area contributed by atoms with E-state index in [0.717, 1.165) is 31.4 Å². The number of piperazine rings is 1. The summed E-state index contributed by atoms with van der Waals surface area (Å²) in [5.74, 6) is 0. The molecule has 106 valence electrons. The fourth-order valence-corrected chi connectivity index (χ4v) is 3.02. The fourth-order valence-electron chi connectivity index (χ4n) is 3.02. The molecular formula is C16H22N4. The summed E-state index contributed by atoms with van der Waals surface area (Å²) in [6, 6.07) is 9.37. The van der Waals surface area contributed by atoms with Crippen molar-refractivity contribution < 1.29 is 0 Å². The van der Waals surface area contributed by atoms with Crippen molar-refractivity contribution >= 4 is 16.6 Å².